The van der Waals surface area contributed by atoms with E-state index in [9.17, 15) is 4.79 Å². The Balaban J connectivity index is 1.86. The largest absolute Gasteiger partial charge is 0.469 e. The quantitative estimate of drug-likeness (QED) is 0.822. The second-order valence-electron chi connectivity index (χ2n) is 4.52. The molecule has 0 aliphatic rings. The first kappa shape index (κ1) is 14.9. The van der Waals surface area contributed by atoms with Gasteiger partial charge in [-0.1, -0.05) is 30.0 Å². The SMILES string of the molecule is NCC#Cc1ccccc1CNC(=O)CCc1ccco1. The molecular formula is C17H18N2O2. The summed E-state index contributed by atoms with van der Waals surface area (Å²) in [4.78, 5) is 11.8. The monoisotopic (exact) mass is 282 g/mol. The van der Waals surface area contributed by atoms with Gasteiger partial charge in [-0.05, 0) is 23.8 Å². The molecule has 0 bridgehead atoms. The molecule has 3 N–H and O–H groups in total. The van der Waals surface area contributed by atoms with Gasteiger partial charge in [0.1, 0.15) is 5.76 Å². The molecule has 0 radical (unpaired) electrons. The van der Waals surface area contributed by atoms with E-state index in [-0.39, 0.29) is 5.91 Å². The zero-order valence-electron chi connectivity index (χ0n) is 11.8. The summed E-state index contributed by atoms with van der Waals surface area (Å²) >= 11 is 0. The third-order valence-corrected chi connectivity index (χ3v) is 3.00. The Bertz CT molecular complexity index is 636. The van der Waals surface area contributed by atoms with Crippen LogP contribution < -0.4 is 11.1 Å². The second kappa shape index (κ2) is 7.93. The van der Waals surface area contributed by atoms with Gasteiger partial charge in [0.15, 0.2) is 0 Å². The Hall–Kier alpha value is -2.51. The van der Waals surface area contributed by atoms with Crippen LogP contribution in [-0.4, -0.2) is 12.5 Å². The van der Waals surface area contributed by atoms with Gasteiger partial charge in [0, 0.05) is 24.9 Å². The maximum absolute atomic E-state index is 11.8. The number of benzene rings is 1. The summed E-state index contributed by atoms with van der Waals surface area (Å²) in [6.45, 7) is 0.788. The van der Waals surface area contributed by atoms with Crippen molar-refractivity contribution in [3.63, 3.8) is 0 Å². The number of amides is 1. The van der Waals surface area contributed by atoms with E-state index in [0.29, 0.717) is 25.9 Å². The molecule has 2 rings (SSSR count). The van der Waals surface area contributed by atoms with Crippen LogP contribution in [0, 0.1) is 11.8 Å². The van der Waals surface area contributed by atoms with Crippen molar-refractivity contribution in [3.8, 4) is 11.8 Å². The van der Waals surface area contributed by atoms with Crippen molar-refractivity contribution in [3.05, 3.63) is 59.5 Å². The third-order valence-electron chi connectivity index (χ3n) is 3.00. The first-order valence-corrected chi connectivity index (χ1v) is 6.85. The highest BCUT2D eigenvalue weighted by Crippen LogP contribution is 2.07. The van der Waals surface area contributed by atoms with Crippen molar-refractivity contribution >= 4 is 5.91 Å². The van der Waals surface area contributed by atoms with E-state index in [1.165, 1.54) is 0 Å². The molecule has 0 aliphatic heterocycles. The molecule has 4 heteroatoms. The third kappa shape index (κ3) is 4.83. The molecule has 0 spiro atoms. The van der Waals surface area contributed by atoms with Gasteiger partial charge in [-0.15, -0.1) is 0 Å². The smallest absolute Gasteiger partial charge is 0.220 e. The number of furan rings is 1. The number of aryl methyl sites for hydroxylation is 1. The first-order valence-electron chi connectivity index (χ1n) is 6.85. The van der Waals surface area contributed by atoms with Crippen molar-refractivity contribution in [2.45, 2.75) is 19.4 Å². The molecule has 108 valence electrons. The zero-order chi connectivity index (χ0) is 14.9. The number of nitrogens with one attached hydrogen (secondary N) is 1. The Labute approximate surface area is 124 Å². The van der Waals surface area contributed by atoms with Gasteiger partial charge in [-0.25, -0.2) is 0 Å². The highest BCUT2D eigenvalue weighted by molar-refractivity contribution is 5.76. The number of rotatable bonds is 5. The van der Waals surface area contributed by atoms with Crippen LogP contribution >= 0.6 is 0 Å². The van der Waals surface area contributed by atoms with Gasteiger partial charge in [0.05, 0.1) is 12.8 Å². The molecule has 1 amide bonds. The summed E-state index contributed by atoms with van der Waals surface area (Å²) in [6, 6.07) is 11.4. The molecule has 0 saturated carbocycles. The lowest BCUT2D eigenvalue weighted by Crippen LogP contribution is -2.23. The predicted molar refractivity (Wildman–Crippen MR) is 81.3 cm³/mol. The van der Waals surface area contributed by atoms with Crippen LogP contribution in [0.3, 0.4) is 0 Å². The van der Waals surface area contributed by atoms with Crippen molar-refractivity contribution in [1.82, 2.24) is 5.32 Å². The predicted octanol–water partition coefficient (Wildman–Crippen LogP) is 1.84. The Morgan fingerprint density at radius 1 is 1.24 bits per heavy atom. The van der Waals surface area contributed by atoms with E-state index >= 15 is 0 Å². The minimum atomic E-state index is -0.00649. The summed E-state index contributed by atoms with van der Waals surface area (Å²) in [6.07, 6.45) is 2.62. The van der Waals surface area contributed by atoms with Crippen LogP contribution in [0.4, 0.5) is 0 Å². The van der Waals surface area contributed by atoms with Gasteiger partial charge >= 0.3 is 0 Å². The number of carbonyl (C=O) groups excluding carboxylic acids is 1. The molecule has 21 heavy (non-hydrogen) atoms. The lowest BCUT2D eigenvalue weighted by Gasteiger charge is -2.07. The number of carbonyl (C=O) groups is 1. The first-order chi connectivity index (χ1) is 10.3. The molecule has 0 fully saturated rings. The molecule has 0 atom stereocenters. The maximum atomic E-state index is 11.8. The molecule has 4 nitrogen and oxygen atoms in total. The van der Waals surface area contributed by atoms with E-state index in [1.807, 2.05) is 36.4 Å². The highest BCUT2D eigenvalue weighted by atomic mass is 16.3. The maximum Gasteiger partial charge on any atom is 0.220 e. The fraction of sp³-hybridized carbons (Fsp3) is 0.235. The number of nitrogens with two attached hydrogens (primary N) is 1. The fourth-order valence-corrected chi connectivity index (χ4v) is 1.92. The molecule has 1 aromatic carbocycles. The van der Waals surface area contributed by atoms with Gasteiger partial charge in [0.2, 0.25) is 5.91 Å². The summed E-state index contributed by atoms with van der Waals surface area (Å²) in [5.41, 5.74) is 7.27. The minimum absolute atomic E-state index is 0.00649. The second-order valence-corrected chi connectivity index (χ2v) is 4.52. The standard InChI is InChI=1S/C17H18N2O2/c18-11-3-7-14-5-1-2-6-15(14)13-19-17(20)10-9-16-8-4-12-21-16/h1-2,4-6,8,12H,9-11,13,18H2,(H,19,20). The summed E-state index contributed by atoms with van der Waals surface area (Å²) in [5, 5.41) is 2.90. The summed E-state index contributed by atoms with van der Waals surface area (Å²) < 4.78 is 5.20. The number of hydrogen-bond donors (Lipinski definition) is 2. The number of hydrogen-bond acceptors (Lipinski definition) is 3. The van der Waals surface area contributed by atoms with Crippen LogP contribution in [0.5, 0.6) is 0 Å². The van der Waals surface area contributed by atoms with E-state index in [0.717, 1.165) is 16.9 Å². The van der Waals surface area contributed by atoms with Crippen molar-refractivity contribution in [2.75, 3.05) is 6.54 Å². The van der Waals surface area contributed by atoms with Crippen LogP contribution in [-0.2, 0) is 17.8 Å². The van der Waals surface area contributed by atoms with Gasteiger partial charge in [-0.3, -0.25) is 4.79 Å². The normalized spacial score (nSPS) is 9.76. The van der Waals surface area contributed by atoms with E-state index in [1.54, 1.807) is 6.26 Å². The molecule has 1 aromatic heterocycles. The Kier molecular flexibility index (Phi) is 5.62. The van der Waals surface area contributed by atoms with Crippen molar-refractivity contribution in [2.24, 2.45) is 5.73 Å². The molecule has 2 aromatic rings. The Morgan fingerprint density at radius 2 is 2.10 bits per heavy atom. The fourth-order valence-electron chi connectivity index (χ4n) is 1.92. The highest BCUT2D eigenvalue weighted by Gasteiger charge is 2.05. The van der Waals surface area contributed by atoms with E-state index in [4.69, 9.17) is 10.2 Å². The van der Waals surface area contributed by atoms with E-state index in [2.05, 4.69) is 17.2 Å². The average Bonchev–Trinajstić information content (AvgIpc) is 3.03. The lowest BCUT2D eigenvalue weighted by atomic mass is 10.1. The van der Waals surface area contributed by atoms with Crippen molar-refractivity contribution in [1.29, 1.82) is 0 Å². The summed E-state index contributed by atoms with van der Waals surface area (Å²) in [5.74, 6) is 6.65. The molecule has 0 aliphatic carbocycles. The molecular weight excluding hydrogens is 264 g/mol. The minimum Gasteiger partial charge on any atom is -0.469 e. The topological polar surface area (TPSA) is 68.3 Å². The van der Waals surface area contributed by atoms with Crippen molar-refractivity contribution < 1.29 is 9.21 Å². The Morgan fingerprint density at radius 3 is 2.86 bits per heavy atom. The average molecular weight is 282 g/mol. The molecule has 1 heterocycles. The lowest BCUT2D eigenvalue weighted by molar-refractivity contribution is -0.121. The van der Waals surface area contributed by atoms with Gasteiger partial charge in [0.25, 0.3) is 0 Å². The zero-order valence-corrected chi connectivity index (χ0v) is 11.8. The van der Waals surface area contributed by atoms with Gasteiger partial charge < -0.3 is 15.5 Å². The van der Waals surface area contributed by atoms with Crippen LogP contribution in [0.25, 0.3) is 0 Å². The molecule has 0 unspecified atom stereocenters. The van der Waals surface area contributed by atoms with Crippen LogP contribution in [0.2, 0.25) is 0 Å². The molecule has 0 saturated heterocycles. The van der Waals surface area contributed by atoms with Gasteiger partial charge in [-0.2, -0.15) is 0 Å². The van der Waals surface area contributed by atoms with E-state index < -0.39 is 0 Å². The van der Waals surface area contributed by atoms with Crippen LogP contribution in [0.15, 0.2) is 47.1 Å². The summed E-state index contributed by atoms with van der Waals surface area (Å²) in [7, 11) is 0. The van der Waals surface area contributed by atoms with Crippen LogP contribution in [0.1, 0.15) is 23.3 Å².